The second-order valence-corrected chi connectivity index (χ2v) is 3.33. The minimum atomic E-state index is -0.330. The molecule has 0 atom stereocenters. The minimum absolute atomic E-state index is 0.0963. The molecule has 76 valence electrons. The number of nitrogens with one attached hydrogen (secondary N) is 1. The molecule has 0 aliphatic heterocycles. The van der Waals surface area contributed by atoms with Crippen molar-refractivity contribution in [3.8, 4) is 0 Å². The van der Waals surface area contributed by atoms with Crippen LogP contribution in [0.15, 0.2) is 18.2 Å². The van der Waals surface area contributed by atoms with E-state index >= 15 is 0 Å². The van der Waals surface area contributed by atoms with Crippen molar-refractivity contribution >= 4 is 34.8 Å². The fourth-order valence-corrected chi connectivity index (χ4v) is 1.18. The number of carbonyl (C=O) groups excluding carboxylic acids is 1. The summed E-state index contributed by atoms with van der Waals surface area (Å²) < 4.78 is 0. The van der Waals surface area contributed by atoms with Gasteiger partial charge in [0.1, 0.15) is 5.88 Å². The number of amides is 1. The molecule has 0 fully saturated rings. The molecule has 0 saturated heterocycles. The fraction of sp³-hybridized carbons (Fsp3) is 0.222. The lowest BCUT2D eigenvalue weighted by atomic mass is 10.2. The molecule has 1 aromatic rings. The van der Waals surface area contributed by atoms with Crippen molar-refractivity contribution in [1.82, 2.24) is 0 Å². The normalized spacial score (nSPS) is 9.93. The van der Waals surface area contributed by atoms with Gasteiger partial charge in [0, 0.05) is 0 Å². The van der Waals surface area contributed by atoms with E-state index in [0.29, 0.717) is 16.3 Å². The molecule has 1 rings (SSSR count). The molecule has 2 N–H and O–H groups in total. The van der Waals surface area contributed by atoms with Crippen molar-refractivity contribution < 1.29 is 9.90 Å². The number of halogens is 2. The number of anilines is 1. The zero-order valence-electron chi connectivity index (χ0n) is 7.26. The third kappa shape index (κ3) is 2.87. The summed E-state index contributed by atoms with van der Waals surface area (Å²) in [6.07, 6.45) is 0. The van der Waals surface area contributed by atoms with E-state index in [-0.39, 0.29) is 18.4 Å². The maximum atomic E-state index is 11.0. The number of hydrogen-bond acceptors (Lipinski definition) is 2. The first-order valence-corrected chi connectivity index (χ1v) is 4.83. The third-order valence-electron chi connectivity index (χ3n) is 1.61. The zero-order valence-corrected chi connectivity index (χ0v) is 8.77. The monoisotopic (exact) mass is 233 g/mol. The van der Waals surface area contributed by atoms with E-state index in [1.54, 1.807) is 18.2 Å². The van der Waals surface area contributed by atoms with E-state index in [4.69, 9.17) is 28.3 Å². The maximum absolute atomic E-state index is 11.0. The Balaban J connectivity index is 2.89. The smallest absolute Gasteiger partial charge is 0.239 e. The molecule has 0 bridgehead atoms. The highest BCUT2D eigenvalue weighted by Gasteiger charge is 2.05. The standard InChI is InChI=1S/C9H9Cl2NO2/c10-4-9(14)12-8-3-6(5-13)1-2-7(8)11/h1-3,13H,4-5H2,(H,12,14). The van der Waals surface area contributed by atoms with Crippen LogP contribution in [0.2, 0.25) is 5.02 Å². The average molecular weight is 234 g/mol. The van der Waals surface area contributed by atoms with Crippen LogP contribution < -0.4 is 5.32 Å². The lowest BCUT2D eigenvalue weighted by Gasteiger charge is -2.06. The molecule has 0 spiro atoms. The number of alkyl halides is 1. The quantitative estimate of drug-likeness (QED) is 0.786. The minimum Gasteiger partial charge on any atom is -0.392 e. The summed E-state index contributed by atoms with van der Waals surface area (Å²) in [5, 5.41) is 11.8. The lowest BCUT2D eigenvalue weighted by molar-refractivity contribution is -0.113. The Labute approximate surface area is 91.6 Å². The van der Waals surface area contributed by atoms with E-state index in [1.807, 2.05) is 0 Å². The molecule has 0 saturated carbocycles. The van der Waals surface area contributed by atoms with Crippen molar-refractivity contribution in [3.63, 3.8) is 0 Å². The van der Waals surface area contributed by atoms with Crippen molar-refractivity contribution in [1.29, 1.82) is 0 Å². The van der Waals surface area contributed by atoms with Crippen LogP contribution >= 0.6 is 23.2 Å². The lowest BCUT2D eigenvalue weighted by Crippen LogP contribution is -2.13. The average Bonchev–Trinajstić information content (AvgIpc) is 2.21. The molecule has 0 aliphatic rings. The van der Waals surface area contributed by atoms with Crippen LogP contribution in [0.4, 0.5) is 5.69 Å². The molecule has 0 aromatic heterocycles. The van der Waals surface area contributed by atoms with Crippen molar-refractivity contribution in [3.05, 3.63) is 28.8 Å². The van der Waals surface area contributed by atoms with Crippen molar-refractivity contribution in [2.45, 2.75) is 6.61 Å². The Morgan fingerprint density at radius 3 is 2.79 bits per heavy atom. The second kappa shape index (κ2) is 5.20. The van der Waals surface area contributed by atoms with Gasteiger partial charge in [-0.25, -0.2) is 0 Å². The number of benzene rings is 1. The van der Waals surface area contributed by atoms with Crippen LogP contribution in [0.25, 0.3) is 0 Å². The van der Waals surface area contributed by atoms with Gasteiger partial charge in [-0.2, -0.15) is 0 Å². The predicted octanol–water partition coefficient (Wildman–Crippen LogP) is 2.01. The van der Waals surface area contributed by atoms with Crippen LogP contribution in [0.1, 0.15) is 5.56 Å². The first-order chi connectivity index (χ1) is 6.67. The molecule has 0 heterocycles. The van der Waals surface area contributed by atoms with Crippen LogP contribution in [-0.4, -0.2) is 16.9 Å². The molecule has 5 heteroatoms. The van der Waals surface area contributed by atoms with E-state index in [0.717, 1.165) is 0 Å². The van der Waals surface area contributed by atoms with Crippen molar-refractivity contribution in [2.24, 2.45) is 0 Å². The topological polar surface area (TPSA) is 49.3 Å². The molecule has 0 unspecified atom stereocenters. The summed E-state index contributed by atoms with van der Waals surface area (Å²) in [7, 11) is 0. The summed E-state index contributed by atoms with van der Waals surface area (Å²) in [5.74, 6) is -0.455. The molecule has 14 heavy (non-hydrogen) atoms. The van der Waals surface area contributed by atoms with E-state index in [1.165, 1.54) is 0 Å². The Morgan fingerprint density at radius 1 is 1.50 bits per heavy atom. The number of carbonyl (C=O) groups is 1. The zero-order chi connectivity index (χ0) is 10.6. The van der Waals surface area contributed by atoms with Gasteiger partial charge in [-0.3, -0.25) is 4.79 Å². The Kier molecular flexibility index (Phi) is 4.20. The van der Waals surface area contributed by atoms with Gasteiger partial charge in [0.2, 0.25) is 5.91 Å². The summed E-state index contributed by atoms with van der Waals surface area (Å²) in [4.78, 5) is 11.0. The molecule has 3 nitrogen and oxygen atoms in total. The predicted molar refractivity (Wildman–Crippen MR) is 56.7 cm³/mol. The molecule has 0 aliphatic carbocycles. The van der Waals surface area contributed by atoms with E-state index < -0.39 is 0 Å². The van der Waals surface area contributed by atoms with Crippen molar-refractivity contribution in [2.75, 3.05) is 11.2 Å². The van der Waals surface area contributed by atoms with Crippen LogP contribution in [0, 0.1) is 0 Å². The van der Waals surface area contributed by atoms with Gasteiger partial charge in [0.25, 0.3) is 0 Å². The van der Waals surface area contributed by atoms with Crippen LogP contribution in [0.3, 0.4) is 0 Å². The van der Waals surface area contributed by atoms with Gasteiger partial charge in [-0.1, -0.05) is 17.7 Å². The first-order valence-electron chi connectivity index (χ1n) is 3.92. The fourth-order valence-electron chi connectivity index (χ4n) is 0.950. The molecule has 1 amide bonds. The summed E-state index contributed by atoms with van der Waals surface area (Å²) in [6, 6.07) is 4.89. The van der Waals surface area contributed by atoms with Gasteiger partial charge >= 0.3 is 0 Å². The number of aliphatic hydroxyl groups excluding tert-OH is 1. The number of aliphatic hydroxyl groups is 1. The van der Waals surface area contributed by atoms with Gasteiger partial charge < -0.3 is 10.4 Å². The Bertz CT molecular complexity index is 342. The first kappa shape index (κ1) is 11.3. The number of rotatable bonds is 3. The number of hydrogen-bond donors (Lipinski definition) is 2. The van der Waals surface area contributed by atoms with Gasteiger partial charge in [0.15, 0.2) is 0 Å². The Morgan fingerprint density at radius 2 is 2.21 bits per heavy atom. The highest BCUT2D eigenvalue weighted by molar-refractivity contribution is 6.34. The molecular weight excluding hydrogens is 225 g/mol. The van der Waals surface area contributed by atoms with E-state index in [2.05, 4.69) is 5.32 Å². The largest absolute Gasteiger partial charge is 0.392 e. The highest BCUT2D eigenvalue weighted by atomic mass is 35.5. The molecule has 1 aromatic carbocycles. The highest BCUT2D eigenvalue weighted by Crippen LogP contribution is 2.22. The third-order valence-corrected chi connectivity index (χ3v) is 2.18. The van der Waals surface area contributed by atoms with Crippen LogP contribution in [0.5, 0.6) is 0 Å². The Hall–Kier alpha value is -0.770. The van der Waals surface area contributed by atoms with Gasteiger partial charge in [0.05, 0.1) is 17.3 Å². The molecular formula is C9H9Cl2NO2. The summed E-state index contributed by atoms with van der Waals surface area (Å²) >= 11 is 11.1. The van der Waals surface area contributed by atoms with Gasteiger partial charge in [-0.05, 0) is 17.7 Å². The van der Waals surface area contributed by atoms with Gasteiger partial charge in [-0.15, -0.1) is 11.6 Å². The summed E-state index contributed by atoms with van der Waals surface area (Å²) in [5.41, 5.74) is 1.14. The molecule has 0 radical (unpaired) electrons. The van der Waals surface area contributed by atoms with Crippen LogP contribution in [-0.2, 0) is 11.4 Å². The van der Waals surface area contributed by atoms with E-state index in [9.17, 15) is 4.79 Å². The summed E-state index contributed by atoms with van der Waals surface area (Å²) in [6.45, 7) is -0.0963. The maximum Gasteiger partial charge on any atom is 0.239 e. The SMILES string of the molecule is O=C(CCl)Nc1cc(CO)ccc1Cl. The second-order valence-electron chi connectivity index (χ2n) is 2.65.